The molecule has 1 N–H and O–H groups in total. The number of carbonyl (C=O) groups is 1. The molecule has 1 aliphatic rings. The lowest BCUT2D eigenvalue weighted by Gasteiger charge is -2.35. The highest BCUT2D eigenvalue weighted by molar-refractivity contribution is 6.02. The fourth-order valence-electron chi connectivity index (χ4n) is 4.74. The normalized spacial score (nSPS) is 13.5. The second-order valence-electron chi connectivity index (χ2n) is 9.59. The molecule has 1 fully saturated rings. The summed E-state index contributed by atoms with van der Waals surface area (Å²) in [7, 11) is 3.30. The van der Waals surface area contributed by atoms with Crippen LogP contribution in [0.1, 0.15) is 23.0 Å². The van der Waals surface area contributed by atoms with Crippen LogP contribution in [0.25, 0.3) is 11.1 Å². The Morgan fingerprint density at radius 2 is 1.66 bits per heavy atom. The number of rotatable bonds is 10. The maximum absolute atomic E-state index is 12.6. The second kappa shape index (κ2) is 13.1. The number of benzene rings is 2. The molecule has 5 rings (SSSR count). The van der Waals surface area contributed by atoms with Crippen LogP contribution in [0.2, 0.25) is 0 Å². The van der Waals surface area contributed by atoms with Gasteiger partial charge in [-0.25, -0.2) is 0 Å². The summed E-state index contributed by atoms with van der Waals surface area (Å²) in [6.45, 7) is 6.69. The van der Waals surface area contributed by atoms with Gasteiger partial charge in [-0.15, -0.1) is 10.2 Å². The van der Waals surface area contributed by atoms with E-state index in [2.05, 4.69) is 48.5 Å². The first-order chi connectivity index (χ1) is 20.1. The zero-order chi connectivity index (χ0) is 28.6. The molecule has 0 bridgehead atoms. The molecular weight excluding hydrogens is 520 g/mol. The minimum absolute atomic E-state index is 0.263. The van der Waals surface area contributed by atoms with Crippen LogP contribution in [0.4, 0.5) is 11.5 Å². The number of nitrogens with zero attached hydrogens (tertiary/aromatic N) is 5. The van der Waals surface area contributed by atoms with Crippen LogP contribution in [-0.2, 0) is 6.54 Å². The summed E-state index contributed by atoms with van der Waals surface area (Å²) in [6.07, 6.45) is 3.55. The molecule has 0 spiro atoms. The van der Waals surface area contributed by atoms with E-state index >= 15 is 0 Å². The van der Waals surface area contributed by atoms with Crippen molar-refractivity contribution in [1.82, 2.24) is 20.1 Å². The van der Waals surface area contributed by atoms with E-state index in [9.17, 15) is 4.79 Å². The zero-order valence-corrected chi connectivity index (χ0v) is 23.5. The molecule has 0 aliphatic carbocycles. The molecule has 2 aromatic carbocycles. The van der Waals surface area contributed by atoms with Crippen molar-refractivity contribution in [2.75, 3.05) is 57.2 Å². The van der Waals surface area contributed by atoms with Crippen molar-refractivity contribution >= 4 is 17.4 Å². The van der Waals surface area contributed by atoms with Crippen LogP contribution in [0, 0.1) is 0 Å². The molecule has 2 aromatic heterocycles. The van der Waals surface area contributed by atoms with Gasteiger partial charge in [0, 0.05) is 55.7 Å². The molecule has 212 valence electrons. The number of nitrogens with one attached hydrogen (secondary N) is 1. The Hall–Kier alpha value is -4.70. The molecule has 3 heterocycles. The third-order valence-electron chi connectivity index (χ3n) is 6.97. The monoisotopic (exact) mass is 554 g/mol. The maximum Gasteiger partial charge on any atom is 0.276 e. The predicted octanol–water partition coefficient (Wildman–Crippen LogP) is 4.53. The lowest BCUT2D eigenvalue weighted by molar-refractivity contribution is 0.102. The molecule has 4 aromatic rings. The molecule has 1 aliphatic heterocycles. The van der Waals surface area contributed by atoms with Crippen molar-refractivity contribution in [1.29, 1.82) is 0 Å². The molecule has 1 saturated heterocycles. The summed E-state index contributed by atoms with van der Waals surface area (Å²) in [5, 5.41) is 11.3. The predicted molar refractivity (Wildman–Crippen MR) is 158 cm³/mol. The van der Waals surface area contributed by atoms with E-state index in [1.165, 1.54) is 0 Å². The molecule has 10 nitrogen and oxygen atoms in total. The van der Waals surface area contributed by atoms with Crippen LogP contribution in [0.15, 0.2) is 73.1 Å². The molecule has 1 amide bonds. The molecule has 0 radical (unpaired) electrons. The van der Waals surface area contributed by atoms with Crippen LogP contribution in [0.3, 0.4) is 0 Å². The van der Waals surface area contributed by atoms with Crippen LogP contribution in [0.5, 0.6) is 17.2 Å². The van der Waals surface area contributed by atoms with E-state index in [0.29, 0.717) is 12.3 Å². The first-order valence-electron chi connectivity index (χ1n) is 13.6. The second-order valence-corrected chi connectivity index (χ2v) is 9.59. The third kappa shape index (κ3) is 6.90. The Morgan fingerprint density at radius 3 is 2.34 bits per heavy atom. The summed E-state index contributed by atoms with van der Waals surface area (Å²) >= 11 is 0. The zero-order valence-electron chi connectivity index (χ0n) is 23.5. The van der Waals surface area contributed by atoms with Gasteiger partial charge in [-0.3, -0.25) is 14.7 Å². The van der Waals surface area contributed by atoms with Gasteiger partial charge in [-0.05, 0) is 61.0 Å². The smallest absolute Gasteiger partial charge is 0.276 e. The molecule has 0 atom stereocenters. The minimum Gasteiger partial charge on any atom is -0.497 e. The Balaban J connectivity index is 1.16. The van der Waals surface area contributed by atoms with Gasteiger partial charge in [0.15, 0.2) is 11.5 Å². The van der Waals surface area contributed by atoms with Gasteiger partial charge < -0.3 is 24.4 Å². The van der Waals surface area contributed by atoms with E-state index in [1.807, 2.05) is 25.3 Å². The number of hydrogen-bond donors (Lipinski definition) is 1. The molecule has 0 saturated carbocycles. The van der Waals surface area contributed by atoms with E-state index in [-0.39, 0.29) is 11.6 Å². The number of methoxy groups -OCH3 is 2. The van der Waals surface area contributed by atoms with Crippen LogP contribution in [-0.4, -0.2) is 73.0 Å². The van der Waals surface area contributed by atoms with Crippen LogP contribution >= 0.6 is 0 Å². The highest BCUT2D eigenvalue weighted by atomic mass is 16.5. The minimum atomic E-state index is -0.308. The van der Waals surface area contributed by atoms with Gasteiger partial charge in [0.05, 0.1) is 27.0 Å². The topological polar surface area (TPSA) is 102 Å². The van der Waals surface area contributed by atoms with Crippen LogP contribution < -0.4 is 24.4 Å². The van der Waals surface area contributed by atoms with Crippen molar-refractivity contribution in [2.24, 2.45) is 0 Å². The summed E-state index contributed by atoms with van der Waals surface area (Å²) in [5.74, 6) is 2.78. The Labute approximate surface area is 239 Å². The number of pyridine rings is 1. The standard InChI is InChI=1S/C31H34N6O4/c1-4-41-27-17-24(19-32-20-27)22-5-6-23(29(18-22)40-3)21-36-13-15-37(16-14-36)30-12-11-28(34-35-30)31(38)33-25-7-9-26(39-2)10-8-25/h5-12,17-20H,4,13-16,21H2,1-3H3,(H,33,38). The number of amides is 1. The summed E-state index contributed by atoms with van der Waals surface area (Å²) in [4.78, 5) is 21.5. The average molecular weight is 555 g/mol. The third-order valence-corrected chi connectivity index (χ3v) is 6.97. The van der Waals surface area contributed by atoms with Crippen molar-refractivity contribution in [3.8, 4) is 28.4 Å². The van der Waals surface area contributed by atoms with Gasteiger partial charge in [0.25, 0.3) is 5.91 Å². The lowest BCUT2D eigenvalue weighted by atomic mass is 10.0. The number of hydrogen-bond acceptors (Lipinski definition) is 9. The Morgan fingerprint density at radius 1 is 0.854 bits per heavy atom. The molecule has 41 heavy (non-hydrogen) atoms. The van der Waals surface area contributed by atoms with E-state index in [0.717, 1.165) is 72.5 Å². The van der Waals surface area contributed by atoms with E-state index in [4.69, 9.17) is 14.2 Å². The number of ether oxygens (including phenoxy) is 3. The largest absolute Gasteiger partial charge is 0.497 e. The summed E-state index contributed by atoms with van der Waals surface area (Å²) in [5.41, 5.74) is 4.07. The van der Waals surface area contributed by atoms with Gasteiger partial charge in [0.1, 0.15) is 17.2 Å². The SMILES string of the molecule is CCOc1cncc(-c2ccc(CN3CCN(c4ccc(C(=O)Nc5ccc(OC)cc5)nn4)CC3)c(OC)c2)c1. The van der Waals surface area contributed by atoms with Gasteiger partial charge >= 0.3 is 0 Å². The fourth-order valence-corrected chi connectivity index (χ4v) is 4.74. The fraction of sp³-hybridized carbons (Fsp3) is 0.290. The Kier molecular flexibility index (Phi) is 8.90. The average Bonchev–Trinajstić information content (AvgIpc) is 3.02. The first kappa shape index (κ1) is 27.9. The number of anilines is 2. The lowest BCUT2D eigenvalue weighted by Crippen LogP contribution is -2.46. The van der Waals surface area contributed by atoms with E-state index in [1.54, 1.807) is 50.7 Å². The number of aromatic nitrogens is 3. The van der Waals surface area contributed by atoms with Crippen molar-refractivity contribution in [3.63, 3.8) is 0 Å². The Bertz CT molecular complexity index is 1450. The quantitative estimate of drug-likeness (QED) is 0.303. The van der Waals surface area contributed by atoms with Gasteiger partial charge in [-0.2, -0.15) is 0 Å². The molecule has 0 unspecified atom stereocenters. The number of carbonyl (C=O) groups excluding carboxylic acids is 1. The molecular formula is C31H34N6O4. The number of piperazine rings is 1. The highest BCUT2D eigenvalue weighted by Gasteiger charge is 2.20. The molecule has 10 heteroatoms. The van der Waals surface area contributed by atoms with Crippen molar-refractivity contribution in [3.05, 3.63) is 84.3 Å². The maximum atomic E-state index is 12.6. The highest BCUT2D eigenvalue weighted by Crippen LogP contribution is 2.30. The summed E-state index contributed by atoms with van der Waals surface area (Å²) in [6, 6.07) is 19.0. The van der Waals surface area contributed by atoms with Gasteiger partial charge in [-0.1, -0.05) is 12.1 Å². The van der Waals surface area contributed by atoms with E-state index < -0.39 is 0 Å². The van der Waals surface area contributed by atoms with Crippen molar-refractivity contribution in [2.45, 2.75) is 13.5 Å². The summed E-state index contributed by atoms with van der Waals surface area (Å²) < 4.78 is 16.5. The van der Waals surface area contributed by atoms with Gasteiger partial charge in [0.2, 0.25) is 0 Å². The first-order valence-corrected chi connectivity index (χ1v) is 13.6. The van der Waals surface area contributed by atoms with Crippen molar-refractivity contribution < 1.29 is 19.0 Å².